The fourth-order valence-corrected chi connectivity index (χ4v) is 3.73. The summed E-state index contributed by atoms with van der Waals surface area (Å²) in [7, 11) is 3.33. The molecular formula is C25H29N5O3. The van der Waals surface area contributed by atoms with Crippen LogP contribution in [0.3, 0.4) is 0 Å². The number of oxazole rings is 1. The molecule has 0 radical (unpaired) electrons. The van der Waals surface area contributed by atoms with Crippen molar-refractivity contribution >= 4 is 0 Å². The number of aromatic amines is 1. The number of hydrogen-bond acceptors (Lipinski definition) is 7. The number of tetrazole rings is 1. The SMILES string of the molecule is COc1ccc(-c2nc(CCCCCCCc3nn[nH]n3)oc2-c2ccc(OC)cc2)cc1. The number of H-pyrrole nitrogens is 1. The Bertz CT molecular complexity index is 1040. The van der Waals surface area contributed by atoms with Crippen LogP contribution in [-0.4, -0.2) is 39.8 Å². The van der Waals surface area contributed by atoms with Gasteiger partial charge in [-0.2, -0.15) is 5.21 Å². The highest BCUT2D eigenvalue weighted by Crippen LogP contribution is 2.34. The molecular weight excluding hydrogens is 418 g/mol. The van der Waals surface area contributed by atoms with E-state index in [1.165, 1.54) is 0 Å². The number of hydrogen-bond donors (Lipinski definition) is 1. The van der Waals surface area contributed by atoms with Crippen molar-refractivity contribution in [2.45, 2.75) is 44.9 Å². The third-order valence-corrected chi connectivity index (χ3v) is 5.57. The molecule has 33 heavy (non-hydrogen) atoms. The van der Waals surface area contributed by atoms with Crippen LogP contribution in [0.5, 0.6) is 11.5 Å². The van der Waals surface area contributed by atoms with Crippen LogP contribution in [0.2, 0.25) is 0 Å². The highest BCUT2D eigenvalue weighted by atomic mass is 16.5. The largest absolute Gasteiger partial charge is 0.497 e. The maximum absolute atomic E-state index is 6.25. The molecule has 2 aromatic carbocycles. The highest BCUT2D eigenvalue weighted by molar-refractivity contribution is 5.77. The number of rotatable bonds is 12. The molecule has 172 valence electrons. The van der Waals surface area contributed by atoms with E-state index >= 15 is 0 Å². The molecule has 8 nitrogen and oxygen atoms in total. The van der Waals surface area contributed by atoms with Gasteiger partial charge < -0.3 is 13.9 Å². The zero-order valence-corrected chi connectivity index (χ0v) is 19.1. The zero-order chi connectivity index (χ0) is 22.9. The minimum absolute atomic E-state index is 0.762. The van der Waals surface area contributed by atoms with Crippen LogP contribution in [-0.2, 0) is 12.8 Å². The summed E-state index contributed by atoms with van der Waals surface area (Å²) >= 11 is 0. The highest BCUT2D eigenvalue weighted by Gasteiger charge is 2.17. The number of unbranched alkanes of at least 4 members (excludes halogenated alkanes) is 4. The molecule has 4 aromatic rings. The van der Waals surface area contributed by atoms with E-state index in [9.17, 15) is 0 Å². The molecule has 0 aliphatic heterocycles. The lowest BCUT2D eigenvalue weighted by atomic mass is 10.1. The Labute approximate surface area is 193 Å². The van der Waals surface area contributed by atoms with Crippen molar-refractivity contribution in [2.24, 2.45) is 0 Å². The van der Waals surface area contributed by atoms with Gasteiger partial charge in [-0.3, -0.25) is 0 Å². The first kappa shape index (κ1) is 22.5. The average molecular weight is 448 g/mol. The third-order valence-electron chi connectivity index (χ3n) is 5.57. The predicted octanol–water partition coefficient (Wildman–Crippen LogP) is 5.27. The van der Waals surface area contributed by atoms with Crippen LogP contribution >= 0.6 is 0 Å². The molecule has 0 bridgehead atoms. The van der Waals surface area contributed by atoms with Crippen molar-refractivity contribution in [3.63, 3.8) is 0 Å². The Morgan fingerprint density at radius 1 is 0.758 bits per heavy atom. The molecule has 0 unspecified atom stereocenters. The third kappa shape index (κ3) is 5.97. The summed E-state index contributed by atoms with van der Waals surface area (Å²) in [4.78, 5) is 4.86. The minimum atomic E-state index is 0.762. The second kappa shape index (κ2) is 11.3. The molecule has 0 aliphatic rings. The first-order chi connectivity index (χ1) is 16.3. The molecule has 0 amide bonds. The normalized spacial score (nSPS) is 11.0. The molecule has 1 N–H and O–H groups in total. The number of benzene rings is 2. The van der Waals surface area contributed by atoms with Gasteiger partial charge in [0, 0.05) is 24.0 Å². The van der Waals surface area contributed by atoms with Crippen molar-refractivity contribution in [1.82, 2.24) is 25.6 Å². The molecule has 0 spiro atoms. The summed E-state index contributed by atoms with van der Waals surface area (Å²) in [5.41, 5.74) is 2.82. The molecule has 0 aliphatic carbocycles. The molecule has 0 atom stereocenters. The van der Waals surface area contributed by atoms with E-state index in [4.69, 9.17) is 18.9 Å². The van der Waals surface area contributed by atoms with Gasteiger partial charge in [-0.25, -0.2) is 4.98 Å². The fourth-order valence-electron chi connectivity index (χ4n) is 3.73. The summed E-state index contributed by atoms with van der Waals surface area (Å²) in [6.07, 6.45) is 7.22. The number of aryl methyl sites for hydroxylation is 2. The van der Waals surface area contributed by atoms with Crippen molar-refractivity contribution in [2.75, 3.05) is 14.2 Å². The van der Waals surface area contributed by atoms with Gasteiger partial charge in [0.25, 0.3) is 0 Å². The van der Waals surface area contributed by atoms with E-state index in [1.807, 2.05) is 48.5 Å². The summed E-state index contributed by atoms with van der Waals surface area (Å²) in [5, 5.41) is 14.1. The lowest BCUT2D eigenvalue weighted by Crippen LogP contribution is -1.90. The Morgan fingerprint density at radius 2 is 1.36 bits per heavy atom. The van der Waals surface area contributed by atoms with E-state index < -0.39 is 0 Å². The molecule has 2 aromatic heterocycles. The molecule has 0 fully saturated rings. The lowest BCUT2D eigenvalue weighted by molar-refractivity contribution is 0.414. The van der Waals surface area contributed by atoms with Crippen LogP contribution in [0.25, 0.3) is 22.6 Å². The van der Waals surface area contributed by atoms with Gasteiger partial charge in [0.05, 0.1) is 14.2 Å². The number of methoxy groups -OCH3 is 2. The number of nitrogens with one attached hydrogen (secondary N) is 1. The minimum Gasteiger partial charge on any atom is -0.497 e. The van der Waals surface area contributed by atoms with Crippen LogP contribution in [0, 0.1) is 0 Å². The first-order valence-corrected chi connectivity index (χ1v) is 11.3. The van der Waals surface area contributed by atoms with Crippen molar-refractivity contribution in [1.29, 1.82) is 0 Å². The van der Waals surface area contributed by atoms with Crippen molar-refractivity contribution < 1.29 is 13.9 Å². The number of ether oxygens (including phenoxy) is 2. The van der Waals surface area contributed by atoms with Gasteiger partial charge in [0.1, 0.15) is 17.2 Å². The zero-order valence-electron chi connectivity index (χ0n) is 19.1. The summed E-state index contributed by atoms with van der Waals surface area (Å²) in [6.45, 7) is 0. The van der Waals surface area contributed by atoms with Gasteiger partial charge in [0.15, 0.2) is 17.5 Å². The van der Waals surface area contributed by atoms with E-state index in [0.29, 0.717) is 0 Å². The van der Waals surface area contributed by atoms with Crippen LogP contribution in [0.1, 0.15) is 43.8 Å². The Hall–Kier alpha value is -3.68. The van der Waals surface area contributed by atoms with Gasteiger partial charge in [-0.1, -0.05) is 24.5 Å². The van der Waals surface area contributed by atoms with Gasteiger partial charge in [-0.15, -0.1) is 10.2 Å². The van der Waals surface area contributed by atoms with Crippen molar-refractivity contribution in [3.05, 3.63) is 60.2 Å². The quantitative estimate of drug-likeness (QED) is 0.295. The summed E-state index contributed by atoms with van der Waals surface area (Å²) in [6, 6.07) is 15.8. The Balaban J connectivity index is 1.40. The standard InChI is InChI=1S/C25H29N5O3/c1-31-20-14-10-18(11-15-20)24-25(19-12-16-21(32-2)17-13-19)33-23(26-24)9-7-5-3-4-6-8-22-27-29-30-28-22/h10-17H,3-9H2,1-2H3,(H,27,28,29,30). The average Bonchev–Trinajstić information content (AvgIpc) is 3.54. The van der Waals surface area contributed by atoms with Gasteiger partial charge in [-0.05, 0) is 61.4 Å². The van der Waals surface area contributed by atoms with E-state index in [0.717, 1.165) is 90.7 Å². The smallest absolute Gasteiger partial charge is 0.195 e. The monoisotopic (exact) mass is 447 g/mol. The fraction of sp³-hybridized carbons (Fsp3) is 0.360. The lowest BCUT2D eigenvalue weighted by Gasteiger charge is -2.04. The van der Waals surface area contributed by atoms with Crippen LogP contribution in [0.15, 0.2) is 52.9 Å². The molecule has 8 heteroatoms. The van der Waals surface area contributed by atoms with Crippen molar-refractivity contribution in [3.8, 4) is 34.1 Å². The van der Waals surface area contributed by atoms with Crippen LogP contribution in [0.4, 0.5) is 0 Å². The molecule has 0 saturated carbocycles. The Kier molecular flexibility index (Phi) is 7.68. The maximum Gasteiger partial charge on any atom is 0.195 e. The molecule has 4 rings (SSSR count). The van der Waals surface area contributed by atoms with E-state index in [2.05, 4.69) is 20.6 Å². The van der Waals surface area contributed by atoms with E-state index in [1.54, 1.807) is 14.2 Å². The first-order valence-electron chi connectivity index (χ1n) is 11.3. The molecule has 2 heterocycles. The van der Waals surface area contributed by atoms with Gasteiger partial charge in [0.2, 0.25) is 0 Å². The predicted molar refractivity (Wildman–Crippen MR) is 125 cm³/mol. The summed E-state index contributed by atoms with van der Waals surface area (Å²) < 4.78 is 16.8. The maximum atomic E-state index is 6.25. The second-order valence-corrected chi connectivity index (χ2v) is 7.84. The summed E-state index contributed by atoms with van der Waals surface area (Å²) in [5.74, 6) is 3.94. The van der Waals surface area contributed by atoms with Gasteiger partial charge >= 0.3 is 0 Å². The molecule has 0 saturated heterocycles. The van der Waals surface area contributed by atoms with E-state index in [-0.39, 0.29) is 0 Å². The second-order valence-electron chi connectivity index (χ2n) is 7.84. The number of nitrogens with zero attached hydrogens (tertiary/aromatic N) is 4. The Morgan fingerprint density at radius 3 is 1.97 bits per heavy atom. The van der Waals surface area contributed by atoms with Crippen LogP contribution < -0.4 is 9.47 Å². The topological polar surface area (TPSA) is 99.0 Å². The number of aromatic nitrogens is 5.